The Labute approximate surface area is 211 Å². The summed E-state index contributed by atoms with van der Waals surface area (Å²) in [5.74, 6) is -0.480. The summed E-state index contributed by atoms with van der Waals surface area (Å²) >= 11 is 0. The Morgan fingerprint density at radius 3 is 2.61 bits per heavy atom. The van der Waals surface area contributed by atoms with Crippen LogP contribution in [0.4, 0.5) is 8.78 Å². The minimum Gasteiger partial charge on any atom is -0.337 e. The van der Waals surface area contributed by atoms with Crippen molar-refractivity contribution in [1.82, 2.24) is 19.6 Å². The van der Waals surface area contributed by atoms with Gasteiger partial charge in [0, 0.05) is 49.6 Å². The fourth-order valence-corrected chi connectivity index (χ4v) is 5.63. The van der Waals surface area contributed by atoms with Crippen LogP contribution in [0.3, 0.4) is 0 Å². The standard InChI is InChI=1S/C29H34F2N4O/c1-2-34(29(36)21-9-5-3-6-10-21)20-27-25-19-33(18-22-17-23(30)13-14-26(22)31)16-15-28(25)35(32-27)24-11-7-4-8-12-24/h4,7-8,11-14,17,21H,2-3,5-6,9-10,15-16,18-20H2,1H3. The molecule has 2 aliphatic rings. The van der Waals surface area contributed by atoms with Gasteiger partial charge in [-0.15, -0.1) is 0 Å². The van der Waals surface area contributed by atoms with Crippen LogP contribution >= 0.6 is 0 Å². The smallest absolute Gasteiger partial charge is 0.226 e. The van der Waals surface area contributed by atoms with Gasteiger partial charge in [0.05, 0.1) is 23.6 Å². The van der Waals surface area contributed by atoms with Gasteiger partial charge >= 0.3 is 0 Å². The van der Waals surface area contributed by atoms with E-state index in [4.69, 9.17) is 5.10 Å². The van der Waals surface area contributed by atoms with Crippen LogP contribution in [0.2, 0.25) is 0 Å². The van der Waals surface area contributed by atoms with E-state index in [-0.39, 0.29) is 11.8 Å². The molecule has 0 atom stereocenters. The maximum absolute atomic E-state index is 14.4. The van der Waals surface area contributed by atoms with Gasteiger partial charge in [-0.25, -0.2) is 13.5 Å². The molecule has 5 nitrogen and oxygen atoms in total. The normalized spacial score (nSPS) is 16.6. The van der Waals surface area contributed by atoms with Crippen molar-refractivity contribution in [3.63, 3.8) is 0 Å². The molecule has 1 aliphatic carbocycles. The van der Waals surface area contributed by atoms with E-state index in [1.54, 1.807) is 0 Å². The van der Waals surface area contributed by atoms with Crippen LogP contribution in [0.25, 0.3) is 5.69 Å². The number of carbonyl (C=O) groups excluding carboxylic acids is 1. The average Bonchev–Trinajstić information content (AvgIpc) is 3.27. The van der Waals surface area contributed by atoms with E-state index in [1.165, 1.54) is 18.6 Å². The zero-order valence-electron chi connectivity index (χ0n) is 20.9. The summed E-state index contributed by atoms with van der Waals surface area (Å²) in [6, 6.07) is 13.7. The summed E-state index contributed by atoms with van der Waals surface area (Å²) in [6.07, 6.45) is 6.15. The molecule has 0 spiro atoms. The fraction of sp³-hybridized carbons (Fsp3) is 0.448. The number of fused-ring (bicyclic) bond motifs is 1. The van der Waals surface area contributed by atoms with Crippen LogP contribution in [0, 0.1) is 17.6 Å². The minimum atomic E-state index is -0.429. The van der Waals surface area contributed by atoms with Crippen LogP contribution in [0.1, 0.15) is 61.5 Å². The van der Waals surface area contributed by atoms with E-state index < -0.39 is 11.6 Å². The van der Waals surface area contributed by atoms with E-state index in [1.807, 2.05) is 46.8 Å². The lowest BCUT2D eigenvalue weighted by atomic mass is 9.88. The second-order valence-electron chi connectivity index (χ2n) is 10.0. The topological polar surface area (TPSA) is 41.4 Å². The number of amides is 1. The lowest BCUT2D eigenvalue weighted by molar-refractivity contribution is -0.137. The maximum Gasteiger partial charge on any atom is 0.226 e. The molecule has 3 aromatic rings. The first-order valence-electron chi connectivity index (χ1n) is 13.1. The van der Waals surface area contributed by atoms with Gasteiger partial charge in [-0.1, -0.05) is 37.5 Å². The Kier molecular flexibility index (Phi) is 7.46. The number of rotatable bonds is 7. The highest BCUT2D eigenvalue weighted by Crippen LogP contribution is 2.30. The van der Waals surface area contributed by atoms with Gasteiger partial charge in [0.2, 0.25) is 5.91 Å². The molecule has 1 aromatic heterocycles. The molecule has 36 heavy (non-hydrogen) atoms. The molecule has 0 N–H and O–H groups in total. The molecule has 1 aliphatic heterocycles. The third-order valence-electron chi connectivity index (χ3n) is 7.61. The van der Waals surface area contributed by atoms with Crippen molar-refractivity contribution in [2.45, 2.75) is 65.1 Å². The number of hydrogen-bond acceptors (Lipinski definition) is 3. The van der Waals surface area contributed by atoms with Crippen LogP contribution in [-0.4, -0.2) is 38.6 Å². The number of aromatic nitrogens is 2. The number of nitrogens with zero attached hydrogens (tertiary/aromatic N) is 4. The second kappa shape index (κ2) is 10.9. The summed E-state index contributed by atoms with van der Waals surface area (Å²) in [4.78, 5) is 17.4. The number of carbonyl (C=O) groups is 1. The molecule has 0 bridgehead atoms. The van der Waals surface area contributed by atoms with Crippen LogP contribution in [0.5, 0.6) is 0 Å². The van der Waals surface area contributed by atoms with Gasteiger partial charge in [0.25, 0.3) is 0 Å². The summed E-state index contributed by atoms with van der Waals surface area (Å²) < 4.78 is 30.1. The predicted molar refractivity (Wildman–Crippen MR) is 135 cm³/mol. The maximum atomic E-state index is 14.4. The molecule has 1 fully saturated rings. The first kappa shape index (κ1) is 24.6. The molecule has 1 saturated carbocycles. The van der Waals surface area contributed by atoms with Crippen LogP contribution in [-0.2, 0) is 30.8 Å². The fourth-order valence-electron chi connectivity index (χ4n) is 5.63. The quantitative estimate of drug-likeness (QED) is 0.429. The Hall–Kier alpha value is -3.06. The second-order valence-corrected chi connectivity index (χ2v) is 10.0. The third kappa shape index (κ3) is 5.21. The lowest BCUT2D eigenvalue weighted by Gasteiger charge is -2.30. The molecule has 7 heteroatoms. The zero-order valence-corrected chi connectivity index (χ0v) is 20.9. The van der Waals surface area contributed by atoms with E-state index in [0.717, 1.165) is 67.4 Å². The summed E-state index contributed by atoms with van der Waals surface area (Å²) in [6.45, 7) is 4.77. The molecular formula is C29H34F2N4O. The van der Waals surface area contributed by atoms with E-state index in [2.05, 4.69) is 4.90 Å². The highest BCUT2D eigenvalue weighted by Gasteiger charge is 2.30. The zero-order chi connectivity index (χ0) is 25.1. The largest absolute Gasteiger partial charge is 0.337 e. The first-order chi connectivity index (χ1) is 17.5. The Morgan fingerprint density at radius 1 is 1.08 bits per heavy atom. The van der Waals surface area contributed by atoms with E-state index in [9.17, 15) is 13.6 Å². The number of benzene rings is 2. The first-order valence-corrected chi connectivity index (χ1v) is 13.1. The monoisotopic (exact) mass is 492 g/mol. The van der Waals surface area contributed by atoms with E-state index >= 15 is 0 Å². The lowest BCUT2D eigenvalue weighted by Crippen LogP contribution is -2.37. The van der Waals surface area contributed by atoms with Crippen molar-refractivity contribution in [2.75, 3.05) is 13.1 Å². The predicted octanol–water partition coefficient (Wildman–Crippen LogP) is 5.64. The Bertz CT molecular complexity index is 1200. The molecule has 0 radical (unpaired) electrons. The number of para-hydroxylation sites is 1. The van der Waals surface area contributed by atoms with Crippen LogP contribution in [0.15, 0.2) is 48.5 Å². The summed E-state index contributed by atoms with van der Waals surface area (Å²) in [5.41, 5.74) is 4.47. The van der Waals surface area contributed by atoms with Crippen molar-refractivity contribution >= 4 is 5.91 Å². The molecular weight excluding hydrogens is 458 g/mol. The molecule has 0 unspecified atom stereocenters. The van der Waals surface area contributed by atoms with Crippen LogP contribution < -0.4 is 0 Å². The van der Waals surface area contributed by atoms with Gasteiger partial charge in [-0.3, -0.25) is 9.69 Å². The highest BCUT2D eigenvalue weighted by molar-refractivity contribution is 5.78. The van der Waals surface area contributed by atoms with Gasteiger partial charge in [-0.05, 0) is 50.1 Å². The minimum absolute atomic E-state index is 0.109. The van der Waals surface area contributed by atoms with Crippen molar-refractivity contribution in [3.8, 4) is 5.69 Å². The number of hydrogen-bond donors (Lipinski definition) is 0. The Balaban J connectivity index is 1.44. The van der Waals surface area contributed by atoms with Crippen molar-refractivity contribution in [3.05, 3.63) is 82.7 Å². The highest BCUT2D eigenvalue weighted by atomic mass is 19.1. The van der Waals surface area contributed by atoms with E-state index in [0.29, 0.717) is 31.7 Å². The molecule has 5 rings (SSSR count). The SMILES string of the molecule is CCN(Cc1nn(-c2ccccc2)c2c1CN(Cc1cc(F)ccc1F)CC2)C(=O)C1CCCCC1. The Morgan fingerprint density at radius 2 is 1.86 bits per heavy atom. The van der Waals surface area contributed by atoms with Gasteiger partial charge < -0.3 is 4.90 Å². The van der Waals surface area contributed by atoms with Gasteiger partial charge in [0.15, 0.2) is 0 Å². The molecule has 2 heterocycles. The summed E-state index contributed by atoms with van der Waals surface area (Å²) in [5, 5.41) is 5.01. The average molecular weight is 493 g/mol. The van der Waals surface area contributed by atoms with Crippen molar-refractivity contribution in [2.24, 2.45) is 5.92 Å². The van der Waals surface area contributed by atoms with Gasteiger partial charge in [0.1, 0.15) is 11.6 Å². The van der Waals surface area contributed by atoms with Crippen molar-refractivity contribution < 1.29 is 13.6 Å². The molecule has 1 amide bonds. The van der Waals surface area contributed by atoms with Gasteiger partial charge in [-0.2, -0.15) is 5.10 Å². The molecule has 2 aromatic carbocycles. The van der Waals surface area contributed by atoms with Crippen molar-refractivity contribution in [1.29, 1.82) is 0 Å². The third-order valence-corrected chi connectivity index (χ3v) is 7.61. The number of halogens is 2. The molecule has 190 valence electrons. The molecule has 0 saturated heterocycles. The summed E-state index contributed by atoms with van der Waals surface area (Å²) in [7, 11) is 0.